The molecule has 182 valence electrons. The molecule has 1 aromatic heterocycles. The molecule has 1 aromatic carbocycles. The number of nitrogens with two attached hydrogens (primary N) is 1. The highest BCUT2D eigenvalue weighted by Crippen LogP contribution is 2.50. The second kappa shape index (κ2) is 9.84. The third kappa shape index (κ3) is 4.97. The predicted octanol–water partition coefficient (Wildman–Crippen LogP) is 4.44. The maximum atomic E-state index is 13.6. The van der Waals surface area contributed by atoms with Crippen molar-refractivity contribution in [1.29, 1.82) is 5.26 Å². The zero-order valence-corrected chi connectivity index (χ0v) is 21.8. The third-order valence-electron chi connectivity index (χ3n) is 5.96. The van der Waals surface area contributed by atoms with Crippen molar-refractivity contribution in [2.45, 2.75) is 50.8 Å². The van der Waals surface area contributed by atoms with Crippen molar-refractivity contribution in [2.24, 2.45) is 11.1 Å². The predicted molar refractivity (Wildman–Crippen MR) is 136 cm³/mol. The molecule has 0 radical (unpaired) electrons. The first kappa shape index (κ1) is 24.9. The number of esters is 1. The molecule has 2 aliphatic rings. The second-order valence-electron chi connectivity index (χ2n) is 9.34. The van der Waals surface area contributed by atoms with Crippen LogP contribution in [0, 0.1) is 23.7 Å². The molecule has 1 atom stereocenters. The van der Waals surface area contributed by atoms with E-state index in [1.54, 1.807) is 11.8 Å². The van der Waals surface area contributed by atoms with E-state index in [9.17, 15) is 14.9 Å². The first-order valence-electron chi connectivity index (χ1n) is 11.3. The Kier molecular flexibility index (Phi) is 7.01. The molecule has 1 unspecified atom stereocenters. The first-order chi connectivity index (χ1) is 16.6. The van der Waals surface area contributed by atoms with E-state index >= 15 is 0 Å². The molecule has 2 heterocycles. The molecule has 0 amide bonds. The maximum Gasteiger partial charge on any atom is 0.316 e. The van der Waals surface area contributed by atoms with Crippen molar-refractivity contribution in [1.82, 2.24) is 10.2 Å². The molecule has 4 rings (SSSR count). The standard InChI is InChI=1S/C25H27N5O3S2/c1-5-33-19(32)13-34-24-29-28-23(35-24)30-17-10-25(3,4)11-18(31)21(17)20(16(12-26)22(30)27)15-8-6-7-14(2)9-15/h6-9,20H,5,10-11,13,27H2,1-4H3. The van der Waals surface area contributed by atoms with Gasteiger partial charge in [-0.1, -0.05) is 66.8 Å². The summed E-state index contributed by atoms with van der Waals surface area (Å²) in [7, 11) is 0. The third-order valence-corrected chi connectivity index (χ3v) is 7.98. The molecule has 2 N–H and O–H groups in total. The number of benzene rings is 1. The van der Waals surface area contributed by atoms with Gasteiger partial charge in [-0.25, -0.2) is 0 Å². The van der Waals surface area contributed by atoms with Crippen molar-refractivity contribution in [3.05, 3.63) is 58.1 Å². The number of carbonyl (C=O) groups is 2. The summed E-state index contributed by atoms with van der Waals surface area (Å²) in [6, 6.07) is 10.1. The van der Waals surface area contributed by atoms with Crippen LogP contribution in [-0.4, -0.2) is 34.3 Å². The van der Waals surface area contributed by atoms with E-state index in [4.69, 9.17) is 10.5 Å². The van der Waals surface area contributed by atoms with Crippen LogP contribution in [0.3, 0.4) is 0 Å². The van der Waals surface area contributed by atoms with Crippen LogP contribution >= 0.6 is 23.1 Å². The number of anilines is 1. The summed E-state index contributed by atoms with van der Waals surface area (Å²) < 4.78 is 5.55. The lowest BCUT2D eigenvalue weighted by molar-refractivity contribution is -0.139. The lowest BCUT2D eigenvalue weighted by Gasteiger charge is -2.42. The molecule has 10 heteroatoms. The average molecular weight is 510 g/mol. The molecule has 35 heavy (non-hydrogen) atoms. The lowest BCUT2D eigenvalue weighted by atomic mass is 9.68. The number of aryl methyl sites for hydroxylation is 1. The fraction of sp³-hybridized carbons (Fsp3) is 0.400. The number of aromatic nitrogens is 2. The highest BCUT2D eigenvalue weighted by molar-refractivity contribution is 8.01. The number of carbonyl (C=O) groups excluding carboxylic acids is 2. The van der Waals surface area contributed by atoms with E-state index in [1.807, 2.05) is 31.2 Å². The zero-order chi connectivity index (χ0) is 25.3. The highest BCUT2D eigenvalue weighted by atomic mass is 32.2. The summed E-state index contributed by atoms with van der Waals surface area (Å²) in [4.78, 5) is 27.0. The molecule has 2 aromatic rings. The Morgan fingerprint density at radius 2 is 2.14 bits per heavy atom. The van der Waals surface area contributed by atoms with Crippen LogP contribution in [0.4, 0.5) is 5.13 Å². The normalized spacial score (nSPS) is 19.5. The Hall–Kier alpha value is -3.16. The fourth-order valence-corrected chi connectivity index (χ4v) is 6.26. The Labute approximate surface area is 212 Å². The van der Waals surface area contributed by atoms with E-state index in [-0.39, 0.29) is 28.7 Å². The van der Waals surface area contributed by atoms with Gasteiger partial charge in [-0.15, -0.1) is 10.2 Å². The van der Waals surface area contributed by atoms with E-state index < -0.39 is 5.92 Å². The molecule has 8 nitrogen and oxygen atoms in total. The number of rotatable bonds is 6. The van der Waals surface area contributed by atoms with Gasteiger partial charge in [-0.3, -0.25) is 14.5 Å². The highest BCUT2D eigenvalue weighted by Gasteiger charge is 2.45. The molecule has 0 fully saturated rings. The Balaban J connectivity index is 1.81. The van der Waals surface area contributed by atoms with Gasteiger partial charge in [0.15, 0.2) is 10.1 Å². The van der Waals surface area contributed by atoms with Crippen LogP contribution in [-0.2, 0) is 14.3 Å². The van der Waals surface area contributed by atoms with Gasteiger partial charge in [0.2, 0.25) is 5.13 Å². The number of Topliss-reactive ketones (excluding diaryl/α,β-unsaturated/α-hetero) is 1. The summed E-state index contributed by atoms with van der Waals surface area (Å²) in [5.41, 5.74) is 9.94. The molecule has 1 aliphatic carbocycles. The molecule has 0 saturated carbocycles. The minimum atomic E-state index is -0.527. The second-order valence-corrected chi connectivity index (χ2v) is 11.5. The fourth-order valence-electron chi connectivity index (χ4n) is 4.58. The van der Waals surface area contributed by atoms with Gasteiger partial charge in [0.05, 0.1) is 29.9 Å². The van der Waals surface area contributed by atoms with Gasteiger partial charge in [-0.2, -0.15) is 5.26 Å². The summed E-state index contributed by atoms with van der Waals surface area (Å²) in [6.07, 6.45) is 0.984. The molecule has 0 bridgehead atoms. The van der Waals surface area contributed by atoms with Gasteiger partial charge >= 0.3 is 5.97 Å². The summed E-state index contributed by atoms with van der Waals surface area (Å²) in [5.74, 6) is -0.480. The van der Waals surface area contributed by atoms with E-state index in [1.165, 1.54) is 23.1 Å². The van der Waals surface area contributed by atoms with Crippen molar-refractivity contribution in [2.75, 3.05) is 17.3 Å². The van der Waals surface area contributed by atoms with E-state index in [2.05, 4.69) is 30.1 Å². The molecular formula is C25H27N5O3S2. The zero-order valence-electron chi connectivity index (χ0n) is 20.1. The van der Waals surface area contributed by atoms with Crippen LogP contribution in [0.2, 0.25) is 0 Å². The maximum absolute atomic E-state index is 13.6. The molecular weight excluding hydrogens is 482 g/mol. The Morgan fingerprint density at radius 3 is 2.83 bits per heavy atom. The van der Waals surface area contributed by atoms with Crippen LogP contribution in [0.15, 0.2) is 51.3 Å². The largest absolute Gasteiger partial charge is 0.465 e. The van der Waals surface area contributed by atoms with Crippen LogP contribution in [0.1, 0.15) is 50.7 Å². The number of thioether (sulfide) groups is 1. The monoisotopic (exact) mass is 509 g/mol. The SMILES string of the molecule is CCOC(=O)CSc1nnc(N2C(N)=C(C#N)C(c3cccc(C)c3)C3=C2CC(C)(C)CC3=O)s1. The first-order valence-corrected chi connectivity index (χ1v) is 13.1. The average Bonchev–Trinajstić information content (AvgIpc) is 3.24. The summed E-state index contributed by atoms with van der Waals surface area (Å²) >= 11 is 2.49. The number of ketones is 1. The van der Waals surface area contributed by atoms with Crippen molar-refractivity contribution in [3.63, 3.8) is 0 Å². The van der Waals surface area contributed by atoms with Crippen molar-refractivity contribution < 1.29 is 14.3 Å². The van der Waals surface area contributed by atoms with Gasteiger partial charge in [0.1, 0.15) is 5.82 Å². The van der Waals surface area contributed by atoms with E-state index in [0.717, 1.165) is 16.8 Å². The molecule has 0 saturated heterocycles. The number of hydrogen-bond acceptors (Lipinski definition) is 10. The summed E-state index contributed by atoms with van der Waals surface area (Å²) in [5, 5.41) is 19.1. The number of ether oxygens (including phenoxy) is 1. The number of nitriles is 1. The minimum Gasteiger partial charge on any atom is -0.465 e. The van der Waals surface area contributed by atoms with Gasteiger partial charge in [-0.05, 0) is 31.2 Å². The van der Waals surface area contributed by atoms with Gasteiger partial charge in [0, 0.05) is 17.7 Å². The van der Waals surface area contributed by atoms with Crippen molar-refractivity contribution >= 4 is 40.0 Å². The quantitative estimate of drug-likeness (QED) is 0.445. The van der Waals surface area contributed by atoms with Crippen LogP contribution in [0.5, 0.6) is 0 Å². The molecule has 0 spiro atoms. The van der Waals surface area contributed by atoms with E-state index in [0.29, 0.717) is 40.1 Å². The van der Waals surface area contributed by atoms with Crippen LogP contribution in [0.25, 0.3) is 0 Å². The number of hydrogen-bond donors (Lipinski definition) is 1. The lowest BCUT2D eigenvalue weighted by Crippen LogP contribution is -2.42. The van der Waals surface area contributed by atoms with Gasteiger partial charge in [0.25, 0.3) is 0 Å². The minimum absolute atomic E-state index is 0.00873. The Morgan fingerprint density at radius 1 is 1.37 bits per heavy atom. The number of nitrogens with zero attached hydrogens (tertiary/aromatic N) is 4. The molecule has 1 aliphatic heterocycles. The van der Waals surface area contributed by atoms with Crippen LogP contribution < -0.4 is 10.6 Å². The van der Waals surface area contributed by atoms with Gasteiger partial charge < -0.3 is 10.5 Å². The Bertz CT molecular complexity index is 1290. The smallest absolute Gasteiger partial charge is 0.316 e. The van der Waals surface area contributed by atoms with Crippen molar-refractivity contribution in [3.8, 4) is 6.07 Å². The number of allylic oxidation sites excluding steroid dienone is 3. The topological polar surface area (TPSA) is 122 Å². The summed E-state index contributed by atoms with van der Waals surface area (Å²) in [6.45, 7) is 8.15.